The number of nitrogens with zero attached hydrogens (tertiary/aromatic N) is 3. The van der Waals surface area contributed by atoms with Crippen LogP contribution in [0.1, 0.15) is 48.6 Å². The van der Waals surface area contributed by atoms with Crippen molar-refractivity contribution in [1.82, 2.24) is 9.88 Å². The number of carbonyl (C=O) groups is 3. The zero-order chi connectivity index (χ0) is 20.4. The van der Waals surface area contributed by atoms with Gasteiger partial charge in [0.05, 0.1) is 18.3 Å². The first-order chi connectivity index (χ1) is 13.4. The third kappa shape index (κ3) is 3.64. The number of benzene rings is 1. The number of rotatable bonds is 4. The number of amides is 2. The summed E-state index contributed by atoms with van der Waals surface area (Å²) >= 11 is 1.28. The predicted molar refractivity (Wildman–Crippen MR) is 108 cm³/mol. The van der Waals surface area contributed by atoms with E-state index in [2.05, 4.69) is 4.98 Å². The molecule has 7 nitrogen and oxygen atoms in total. The number of hydrogen-bond acceptors (Lipinski definition) is 6. The quantitative estimate of drug-likeness (QED) is 0.726. The number of aromatic nitrogens is 1. The van der Waals surface area contributed by atoms with Crippen molar-refractivity contribution in [3.05, 3.63) is 34.2 Å². The summed E-state index contributed by atoms with van der Waals surface area (Å²) in [5, 5.41) is 2.23. The van der Waals surface area contributed by atoms with Gasteiger partial charge in [0.1, 0.15) is 0 Å². The molecule has 0 radical (unpaired) electrons. The third-order valence-corrected chi connectivity index (χ3v) is 5.70. The molecule has 28 heavy (non-hydrogen) atoms. The van der Waals surface area contributed by atoms with E-state index in [1.165, 1.54) is 11.3 Å². The lowest BCUT2D eigenvalue weighted by Crippen LogP contribution is -2.46. The fourth-order valence-electron chi connectivity index (χ4n) is 3.67. The maximum atomic E-state index is 12.3. The molecule has 0 aliphatic carbocycles. The second kappa shape index (κ2) is 8.10. The molecule has 2 aromatic rings. The second-order valence-electron chi connectivity index (χ2n) is 6.76. The minimum Gasteiger partial charge on any atom is -0.450 e. The van der Waals surface area contributed by atoms with E-state index in [0.717, 1.165) is 23.1 Å². The van der Waals surface area contributed by atoms with Gasteiger partial charge in [-0.15, -0.1) is 11.3 Å². The molecular formula is C20H23N3O4S. The zero-order valence-electron chi connectivity index (χ0n) is 16.3. The summed E-state index contributed by atoms with van der Waals surface area (Å²) < 4.78 is 5.17. The molecule has 0 bridgehead atoms. The van der Waals surface area contributed by atoms with Gasteiger partial charge in [-0.2, -0.15) is 0 Å². The Morgan fingerprint density at radius 2 is 2.18 bits per heavy atom. The molecule has 2 atom stereocenters. The summed E-state index contributed by atoms with van der Waals surface area (Å²) in [6.45, 7) is 5.58. The van der Waals surface area contributed by atoms with Crippen LogP contribution in [0.15, 0.2) is 23.6 Å². The van der Waals surface area contributed by atoms with Crippen molar-refractivity contribution in [2.75, 3.05) is 18.6 Å². The standard InChI is InChI=1S/C20H23N3O4S/c1-5-27-20(26)22(4)18-8-12(2)23(13(3)25)17-7-6-14(9-15(17)18)16-11-28-19(10-24)21-16/h6-7,9-12,18H,5,8H2,1-4H3/t12-,18+/m1/s1. The van der Waals surface area contributed by atoms with Gasteiger partial charge in [0, 0.05) is 36.6 Å². The molecule has 1 aliphatic heterocycles. The maximum Gasteiger partial charge on any atom is 0.410 e. The van der Waals surface area contributed by atoms with Crippen molar-refractivity contribution >= 4 is 35.3 Å². The van der Waals surface area contributed by atoms with Gasteiger partial charge in [0.2, 0.25) is 5.91 Å². The normalized spacial score (nSPS) is 18.4. The molecule has 8 heteroatoms. The van der Waals surface area contributed by atoms with E-state index < -0.39 is 6.09 Å². The van der Waals surface area contributed by atoms with E-state index in [1.54, 1.807) is 30.7 Å². The Bertz CT molecular complexity index is 911. The highest BCUT2D eigenvalue weighted by Crippen LogP contribution is 2.42. The third-order valence-electron chi connectivity index (χ3n) is 4.93. The second-order valence-corrected chi connectivity index (χ2v) is 7.65. The Hall–Kier alpha value is -2.74. The summed E-state index contributed by atoms with van der Waals surface area (Å²) in [4.78, 5) is 43.2. The lowest BCUT2D eigenvalue weighted by atomic mass is 9.89. The van der Waals surface area contributed by atoms with Crippen LogP contribution in [0.3, 0.4) is 0 Å². The lowest BCUT2D eigenvalue weighted by Gasteiger charge is -2.42. The van der Waals surface area contributed by atoms with E-state index in [9.17, 15) is 14.4 Å². The van der Waals surface area contributed by atoms with Gasteiger partial charge >= 0.3 is 6.09 Å². The molecule has 3 rings (SSSR count). The topological polar surface area (TPSA) is 79.8 Å². The number of fused-ring (bicyclic) bond motifs is 1. The minimum absolute atomic E-state index is 0.0457. The molecule has 0 unspecified atom stereocenters. The van der Waals surface area contributed by atoms with Gasteiger partial charge in [-0.1, -0.05) is 6.07 Å². The molecule has 0 spiro atoms. The summed E-state index contributed by atoms with van der Waals surface area (Å²) in [5.41, 5.74) is 3.17. The first kappa shape index (κ1) is 20.0. The summed E-state index contributed by atoms with van der Waals surface area (Å²) in [6.07, 6.45) is 0.926. The van der Waals surface area contributed by atoms with Crippen molar-refractivity contribution in [2.24, 2.45) is 0 Å². The van der Waals surface area contributed by atoms with E-state index in [0.29, 0.717) is 23.7 Å². The van der Waals surface area contributed by atoms with Crippen LogP contribution >= 0.6 is 11.3 Å². The number of thiazole rings is 1. The highest BCUT2D eigenvalue weighted by molar-refractivity contribution is 7.11. The zero-order valence-corrected chi connectivity index (χ0v) is 17.2. The molecule has 0 fully saturated rings. The van der Waals surface area contributed by atoms with Crippen LogP contribution in [-0.4, -0.2) is 47.9 Å². The lowest BCUT2D eigenvalue weighted by molar-refractivity contribution is -0.117. The van der Waals surface area contributed by atoms with Crippen LogP contribution in [0.2, 0.25) is 0 Å². The van der Waals surface area contributed by atoms with Gasteiger partial charge in [-0.05, 0) is 38.0 Å². The van der Waals surface area contributed by atoms with Crippen LogP contribution in [0.25, 0.3) is 11.3 Å². The SMILES string of the molecule is CCOC(=O)N(C)[C@H]1C[C@@H](C)N(C(C)=O)c2ccc(-c3csc(C=O)n3)cc21. The highest BCUT2D eigenvalue weighted by atomic mass is 32.1. The highest BCUT2D eigenvalue weighted by Gasteiger charge is 2.36. The monoisotopic (exact) mass is 401 g/mol. The molecule has 148 valence electrons. The summed E-state index contributed by atoms with van der Waals surface area (Å²) in [5.74, 6) is -0.0457. The number of hydrogen-bond donors (Lipinski definition) is 0. The van der Waals surface area contributed by atoms with Crippen molar-refractivity contribution in [2.45, 2.75) is 39.3 Å². The van der Waals surface area contributed by atoms with E-state index in [4.69, 9.17) is 4.74 Å². The largest absolute Gasteiger partial charge is 0.450 e. The van der Waals surface area contributed by atoms with Gasteiger partial charge in [0.15, 0.2) is 11.3 Å². The van der Waals surface area contributed by atoms with Crippen LogP contribution in [0, 0.1) is 0 Å². The molecule has 2 heterocycles. The first-order valence-corrected chi connectivity index (χ1v) is 9.99. The molecular weight excluding hydrogens is 378 g/mol. The molecule has 0 saturated heterocycles. The van der Waals surface area contributed by atoms with Crippen molar-refractivity contribution in [3.63, 3.8) is 0 Å². The van der Waals surface area contributed by atoms with Crippen molar-refractivity contribution in [3.8, 4) is 11.3 Å². The van der Waals surface area contributed by atoms with Gasteiger partial charge in [-0.25, -0.2) is 9.78 Å². The average Bonchev–Trinajstić information content (AvgIpc) is 3.15. The van der Waals surface area contributed by atoms with Crippen LogP contribution in [-0.2, 0) is 9.53 Å². The Kier molecular flexibility index (Phi) is 5.79. The van der Waals surface area contributed by atoms with Crippen LogP contribution < -0.4 is 4.90 Å². The fraction of sp³-hybridized carbons (Fsp3) is 0.400. The Balaban J connectivity index is 2.09. The summed E-state index contributed by atoms with van der Waals surface area (Å²) in [6, 6.07) is 5.43. The Morgan fingerprint density at radius 3 is 2.79 bits per heavy atom. The molecule has 1 aromatic heterocycles. The number of aldehydes is 1. The molecule has 1 aromatic carbocycles. The van der Waals surface area contributed by atoms with Crippen LogP contribution in [0.4, 0.5) is 10.5 Å². The number of ether oxygens (including phenoxy) is 1. The summed E-state index contributed by atoms with van der Waals surface area (Å²) in [7, 11) is 1.71. The smallest absolute Gasteiger partial charge is 0.410 e. The van der Waals surface area contributed by atoms with Gasteiger partial charge in [0.25, 0.3) is 0 Å². The van der Waals surface area contributed by atoms with E-state index in [1.807, 2.05) is 30.5 Å². The van der Waals surface area contributed by atoms with Crippen molar-refractivity contribution in [1.29, 1.82) is 0 Å². The van der Waals surface area contributed by atoms with E-state index >= 15 is 0 Å². The molecule has 2 amide bonds. The Morgan fingerprint density at radius 1 is 1.43 bits per heavy atom. The van der Waals surface area contributed by atoms with Gasteiger partial charge < -0.3 is 14.5 Å². The predicted octanol–water partition coefficient (Wildman–Crippen LogP) is 3.90. The molecule has 1 aliphatic rings. The number of anilines is 1. The fourth-order valence-corrected chi connectivity index (χ4v) is 4.29. The first-order valence-electron chi connectivity index (χ1n) is 9.11. The maximum absolute atomic E-state index is 12.3. The average molecular weight is 401 g/mol. The number of carbonyl (C=O) groups excluding carboxylic acids is 3. The Labute approximate surface area is 167 Å². The molecule has 0 N–H and O–H groups in total. The van der Waals surface area contributed by atoms with Crippen molar-refractivity contribution < 1.29 is 19.1 Å². The van der Waals surface area contributed by atoms with Crippen LogP contribution in [0.5, 0.6) is 0 Å². The van der Waals surface area contributed by atoms with E-state index in [-0.39, 0.29) is 18.0 Å². The minimum atomic E-state index is -0.399. The molecule has 0 saturated carbocycles. The van der Waals surface area contributed by atoms with Gasteiger partial charge in [-0.3, -0.25) is 9.59 Å².